The van der Waals surface area contributed by atoms with Crippen molar-refractivity contribution in [3.63, 3.8) is 0 Å². The van der Waals surface area contributed by atoms with Crippen molar-refractivity contribution in [2.45, 2.75) is 26.0 Å². The maximum atomic E-state index is 13.5. The second-order valence-electron chi connectivity index (χ2n) is 5.70. The molecule has 128 valence electrons. The first-order valence-corrected chi connectivity index (χ1v) is 9.27. The number of ether oxygens (including phenoxy) is 1. The molecule has 1 aromatic rings. The van der Waals surface area contributed by atoms with Crippen molar-refractivity contribution in [3.8, 4) is 5.75 Å². The Morgan fingerprint density at radius 3 is 2.83 bits per heavy atom. The van der Waals surface area contributed by atoms with Crippen molar-refractivity contribution in [2.24, 2.45) is 0 Å². The molecular weight excluding hydrogens is 323 g/mol. The van der Waals surface area contributed by atoms with Gasteiger partial charge in [-0.3, -0.25) is 0 Å². The number of halogens is 1. The molecule has 1 aliphatic rings. The molecule has 1 saturated heterocycles. The van der Waals surface area contributed by atoms with Crippen LogP contribution in [-0.2, 0) is 9.84 Å². The minimum atomic E-state index is -3.06. The van der Waals surface area contributed by atoms with Crippen LogP contribution in [0.3, 0.4) is 0 Å². The normalized spacial score (nSPS) is 21.5. The van der Waals surface area contributed by atoms with Crippen LogP contribution in [0.2, 0.25) is 0 Å². The van der Waals surface area contributed by atoms with E-state index in [0.29, 0.717) is 0 Å². The zero-order valence-electron chi connectivity index (χ0n) is 13.2. The fourth-order valence-electron chi connectivity index (χ4n) is 2.43. The summed E-state index contributed by atoms with van der Waals surface area (Å²) in [6, 6.07) is 5.36. The third-order valence-corrected chi connectivity index (χ3v) is 5.43. The Balaban J connectivity index is 1.83. The van der Waals surface area contributed by atoms with Gasteiger partial charge in [0.15, 0.2) is 21.4 Å². The predicted molar refractivity (Wildman–Crippen MR) is 84.7 cm³/mol. The summed E-state index contributed by atoms with van der Waals surface area (Å²) in [7, 11) is -3.06. The molecule has 1 aromatic carbocycles. The molecule has 1 aliphatic heterocycles. The van der Waals surface area contributed by atoms with E-state index in [1.807, 2.05) is 0 Å². The molecule has 2 atom stereocenters. The van der Waals surface area contributed by atoms with Gasteiger partial charge in [0.2, 0.25) is 0 Å². The molecule has 2 amide bonds. The monoisotopic (exact) mass is 344 g/mol. The van der Waals surface area contributed by atoms with Crippen molar-refractivity contribution in [1.29, 1.82) is 0 Å². The summed E-state index contributed by atoms with van der Waals surface area (Å²) in [6.45, 7) is 3.80. The van der Waals surface area contributed by atoms with Crippen molar-refractivity contribution in [1.82, 2.24) is 10.2 Å². The zero-order valence-corrected chi connectivity index (χ0v) is 14.0. The lowest BCUT2D eigenvalue weighted by atomic mass is 10.3. The summed E-state index contributed by atoms with van der Waals surface area (Å²) in [6.07, 6.45) is -0.417. The Kier molecular flexibility index (Phi) is 5.46. The number of benzene rings is 1. The lowest BCUT2D eigenvalue weighted by Gasteiger charge is -2.33. The van der Waals surface area contributed by atoms with Crippen LogP contribution in [0.1, 0.15) is 13.8 Å². The number of rotatable bonds is 4. The van der Waals surface area contributed by atoms with E-state index >= 15 is 0 Å². The summed E-state index contributed by atoms with van der Waals surface area (Å²) in [5, 5.41) is 2.69. The molecule has 0 saturated carbocycles. The number of hydrogen-bond acceptors (Lipinski definition) is 4. The number of urea groups is 1. The lowest BCUT2D eigenvalue weighted by Crippen LogP contribution is -2.54. The highest BCUT2D eigenvalue weighted by Gasteiger charge is 2.31. The van der Waals surface area contributed by atoms with Crippen LogP contribution < -0.4 is 10.1 Å². The molecule has 1 heterocycles. The molecule has 23 heavy (non-hydrogen) atoms. The Hall–Kier alpha value is -1.83. The van der Waals surface area contributed by atoms with Gasteiger partial charge in [-0.25, -0.2) is 17.6 Å². The minimum absolute atomic E-state index is 0.0218. The Bertz CT molecular complexity index is 665. The summed E-state index contributed by atoms with van der Waals surface area (Å²) in [5.74, 6) is -0.375. The molecule has 1 fully saturated rings. The number of sulfone groups is 1. The second kappa shape index (κ2) is 7.16. The maximum absolute atomic E-state index is 13.5. The van der Waals surface area contributed by atoms with Crippen LogP contribution in [0, 0.1) is 5.82 Å². The molecule has 2 rings (SSSR count). The van der Waals surface area contributed by atoms with Gasteiger partial charge in [0.25, 0.3) is 0 Å². The average molecular weight is 344 g/mol. The first-order chi connectivity index (χ1) is 10.8. The molecule has 6 nitrogen and oxygen atoms in total. The highest BCUT2D eigenvalue weighted by molar-refractivity contribution is 7.91. The van der Waals surface area contributed by atoms with Gasteiger partial charge in [0, 0.05) is 12.6 Å². The predicted octanol–water partition coefficient (Wildman–Crippen LogP) is 1.42. The van der Waals surface area contributed by atoms with E-state index in [9.17, 15) is 17.6 Å². The van der Waals surface area contributed by atoms with E-state index in [1.54, 1.807) is 26.0 Å². The Labute approximate surface area is 135 Å². The third kappa shape index (κ3) is 4.82. The molecule has 0 radical (unpaired) electrons. The van der Waals surface area contributed by atoms with Gasteiger partial charge in [-0.1, -0.05) is 12.1 Å². The molecule has 0 spiro atoms. The summed E-state index contributed by atoms with van der Waals surface area (Å²) < 4.78 is 42.0. The number of nitrogens with zero attached hydrogens (tertiary/aromatic N) is 1. The molecule has 0 aromatic heterocycles. The minimum Gasteiger partial charge on any atom is -0.486 e. The van der Waals surface area contributed by atoms with Gasteiger partial charge >= 0.3 is 6.03 Å². The van der Waals surface area contributed by atoms with Crippen molar-refractivity contribution >= 4 is 15.9 Å². The molecule has 0 aliphatic carbocycles. The molecule has 0 bridgehead atoms. The molecule has 1 N–H and O–H groups in total. The first kappa shape index (κ1) is 17.5. The standard InChI is InChI=1S/C15H21FN2O4S/c1-11-10-23(20,21)8-7-18(11)15(19)17-9-12(2)22-14-6-4-3-5-13(14)16/h3-6,11-12H,7-10H2,1-2H3,(H,17,19)/t11-,12-/m1/s1. The number of carbonyl (C=O) groups is 1. The van der Waals surface area contributed by atoms with Crippen LogP contribution >= 0.6 is 0 Å². The first-order valence-electron chi connectivity index (χ1n) is 7.44. The highest BCUT2D eigenvalue weighted by atomic mass is 32.2. The molecular formula is C15H21FN2O4S. The fraction of sp³-hybridized carbons (Fsp3) is 0.533. The molecule has 0 unspecified atom stereocenters. The van der Waals surface area contributed by atoms with Gasteiger partial charge in [-0.05, 0) is 26.0 Å². The van der Waals surface area contributed by atoms with Crippen LogP contribution in [0.4, 0.5) is 9.18 Å². The van der Waals surface area contributed by atoms with Crippen LogP contribution in [0.5, 0.6) is 5.75 Å². The van der Waals surface area contributed by atoms with Crippen LogP contribution in [0.15, 0.2) is 24.3 Å². The second-order valence-corrected chi connectivity index (χ2v) is 7.93. The van der Waals surface area contributed by atoms with Gasteiger partial charge in [-0.2, -0.15) is 0 Å². The van der Waals surface area contributed by atoms with Gasteiger partial charge in [-0.15, -0.1) is 0 Å². The maximum Gasteiger partial charge on any atom is 0.317 e. The Morgan fingerprint density at radius 2 is 2.17 bits per heavy atom. The quantitative estimate of drug-likeness (QED) is 0.896. The van der Waals surface area contributed by atoms with E-state index in [4.69, 9.17) is 4.74 Å². The van der Waals surface area contributed by atoms with Gasteiger partial charge in [0.05, 0.1) is 18.1 Å². The number of hydrogen-bond donors (Lipinski definition) is 1. The van der Waals surface area contributed by atoms with Crippen molar-refractivity contribution in [2.75, 3.05) is 24.6 Å². The van der Waals surface area contributed by atoms with E-state index in [-0.39, 0.29) is 42.4 Å². The zero-order chi connectivity index (χ0) is 17.0. The van der Waals surface area contributed by atoms with Crippen molar-refractivity contribution < 1.29 is 22.3 Å². The SMILES string of the molecule is C[C@H](CNC(=O)N1CCS(=O)(=O)C[C@H]1C)Oc1ccccc1F. The van der Waals surface area contributed by atoms with E-state index < -0.39 is 21.8 Å². The van der Waals surface area contributed by atoms with E-state index in [1.165, 1.54) is 17.0 Å². The van der Waals surface area contributed by atoms with E-state index in [0.717, 1.165) is 0 Å². The van der Waals surface area contributed by atoms with Crippen LogP contribution in [0.25, 0.3) is 0 Å². The number of nitrogens with one attached hydrogen (secondary N) is 1. The highest BCUT2D eigenvalue weighted by Crippen LogP contribution is 2.17. The lowest BCUT2D eigenvalue weighted by molar-refractivity contribution is 0.171. The van der Waals surface area contributed by atoms with Gasteiger partial charge in [0.1, 0.15) is 6.10 Å². The van der Waals surface area contributed by atoms with Gasteiger partial charge < -0.3 is 15.0 Å². The van der Waals surface area contributed by atoms with Crippen molar-refractivity contribution in [3.05, 3.63) is 30.1 Å². The van der Waals surface area contributed by atoms with Crippen LogP contribution in [-0.4, -0.2) is 56.1 Å². The topological polar surface area (TPSA) is 75.7 Å². The number of amides is 2. The fourth-order valence-corrected chi connectivity index (χ4v) is 3.99. The largest absolute Gasteiger partial charge is 0.486 e. The molecule has 8 heteroatoms. The Morgan fingerprint density at radius 1 is 1.48 bits per heavy atom. The summed E-state index contributed by atoms with van der Waals surface area (Å²) in [5.41, 5.74) is 0. The number of carbonyl (C=O) groups excluding carboxylic acids is 1. The van der Waals surface area contributed by atoms with E-state index in [2.05, 4.69) is 5.32 Å². The number of para-hydroxylation sites is 1. The third-order valence-electron chi connectivity index (χ3n) is 3.64. The smallest absolute Gasteiger partial charge is 0.317 e. The average Bonchev–Trinajstić information content (AvgIpc) is 2.46. The summed E-state index contributed by atoms with van der Waals surface area (Å²) >= 11 is 0. The summed E-state index contributed by atoms with van der Waals surface area (Å²) in [4.78, 5) is 13.6.